The second-order valence-electron chi connectivity index (χ2n) is 6.99. The van der Waals surface area contributed by atoms with E-state index in [0.717, 1.165) is 54.3 Å². The highest BCUT2D eigenvalue weighted by Gasteiger charge is 2.21. The Morgan fingerprint density at radius 1 is 1.17 bits per heavy atom. The van der Waals surface area contributed by atoms with Crippen LogP contribution in [0.15, 0.2) is 42.9 Å². The Morgan fingerprint density at radius 2 is 2.00 bits per heavy atom. The zero-order valence-corrected chi connectivity index (χ0v) is 17.8. The largest absolute Gasteiger partial charge is 0.334 e. The normalized spacial score (nSPS) is 14.9. The summed E-state index contributed by atoms with van der Waals surface area (Å²) in [6.07, 6.45) is 5.38. The quantitative estimate of drug-likeness (QED) is 0.674. The maximum Gasteiger partial charge on any atom is 0.317 e. The Morgan fingerprint density at radius 3 is 2.69 bits per heavy atom. The van der Waals surface area contributed by atoms with Gasteiger partial charge in [-0.2, -0.15) is 0 Å². The third-order valence-electron chi connectivity index (χ3n) is 4.99. The lowest BCUT2D eigenvalue weighted by Crippen LogP contribution is -2.51. The molecule has 3 aromatic heterocycles. The minimum atomic E-state index is -0.0269. The van der Waals surface area contributed by atoms with E-state index in [-0.39, 0.29) is 6.03 Å². The third kappa shape index (κ3) is 4.95. The number of piperazine rings is 1. The Labute approximate surface area is 178 Å². The van der Waals surface area contributed by atoms with E-state index >= 15 is 0 Å². The van der Waals surface area contributed by atoms with Gasteiger partial charge in [0.1, 0.15) is 11.6 Å². The molecule has 1 fully saturated rings. The van der Waals surface area contributed by atoms with Crippen molar-refractivity contribution in [1.82, 2.24) is 29.7 Å². The molecule has 0 radical (unpaired) electrons. The van der Waals surface area contributed by atoms with Crippen molar-refractivity contribution >= 4 is 29.0 Å². The Balaban J connectivity index is 1.27. The fourth-order valence-corrected chi connectivity index (χ4v) is 4.51. The summed E-state index contributed by atoms with van der Waals surface area (Å²) >= 11 is 7.62. The Bertz CT molecular complexity index is 979. The van der Waals surface area contributed by atoms with Gasteiger partial charge in [-0.1, -0.05) is 11.6 Å². The monoisotopic (exact) mass is 430 g/mol. The minimum Gasteiger partial charge on any atom is -0.334 e. The van der Waals surface area contributed by atoms with Crippen LogP contribution in [0.3, 0.4) is 0 Å². The van der Waals surface area contributed by atoms with Crippen molar-refractivity contribution in [1.29, 1.82) is 0 Å². The van der Waals surface area contributed by atoms with Gasteiger partial charge in [-0.25, -0.2) is 14.8 Å². The number of carbonyl (C=O) groups is 1. The molecule has 0 bridgehead atoms. The number of hydrogen-bond donors (Lipinski definition) is 1. The molecular formula is C20H23ClN6OS. The molecule has 0 aromatic carbocycles. The van der Waals surface area contributed by atoms with Crippen LogP contribution in [-0.2, 0) is 13.1 Å². The van der Waals surface area contributed by atoms with Gasteiger partial charge >= 0.3 is 6.03 Å². The predicted octanol–water partition coefficient (Wildman–Crippen LogP) is 3.32. The molecule has 29 heavy (non-hydrogen) atoms. The van der Waals surface area contributed by atoms with E-state index in [4.69, 9.17) is 11.6 Å². The predicted molar refractivity (Wildman–Crippen MR) is 115 cm³/mol. The summed E-state index contributed by atoms with van der Waals surface area (Å²) in [5.41, 5.74) is 1.00. The van der Waals surface area contributed by atoms with Crippen LogP contribution in [0.5, 0.6) is 0 Å². The first-order valence-electron chi connectivity index (χ1n) is 9.53. The molecule has 2 amide bonds. The van der Waals surface area contributed by atoms with Crippen LogP contribution >= 0.6 is 22.9 Å². The summed E-state index contributed by atoms with van der Waals surface area (Å²) in [6.45, 7) is 6.46. The number of pyridine rings is 1. The summed E-state index contributed by atoms with van der Waals surface area (Å²) in [4.78, 5) is 26.7. The van der Waals surface area contributed by atoms with Gasteiger partial charge in [-0.15, -0.1) is 11.3 Å². The Hall–Kier alpha value is -2.42. The lowest BCUT2D eigenvalue weighted by molar-refractivity contribution is 0.135. The second-order valence-corrected chi connectivity index (χ2v) is 8.79. The first kappa shape index (κ1) is 19.9. The first-order valence-corrected chi connectivity index (χ1v) is 10.7. The van der Waals surface area contributed by atoms with Crippen LogP contribution in [0.4, 0.5) is 4.79 Å². The fourth-order valence-electron chi connectivity index (χ4n) is 3.38. The van der Waals surface area contributed by atoms with Crippen molar-refractivity contribution in [3.8, 4) is 5.82 Å². The Kier molecular flexibility index (Phi) is 6.13. The number of imidazole rings is 1. The smallest absolute Gasteiger partial charge is 0.317 e. The molecule has 1 aliphatic rings. The average molecular weight is 431 g/mol. The number of hydrogen-bond acceptors (Lipinski definition) is 5. The highest BCUT2D eigenvalue weighted by molar-refractivity contribution is 7.16. The van der Waals surface area contributed by atoms with Crippen molar-refractivity contribution in [2.24, 2.45) is 0 Å². The number of rotatable bonds is 5. The van der Waals surface area contributed by atoms with Crippen molar-refractivity contribution in [3.05, 3.63) is 63.5 Å². The molecule has 1 aliphatic heterocycles. The van der Waals surface area contributed by atoms with E-state index < -0.39 is 0 Å². The molecular weight excluding hydrogens is 408 g/mol. The molecule has 1 saturated heterocycles. The van der Waals surface area contributed by atoms with Gasteiger partial charge in [-0.3, -0.25) is 9.47 Å². The zero-order chi connectivity index (χ0) is 20.2. The van der Waals surface area contributed by atoms with E-state index in [2.05, 4.69) is 26.3 Å². The van der Waals surface area contributed by atoms with E-state index in [1.807, 2.05) is 40.8 Å². The lowest BCUT2D eigenvalue weighted by atomic mass is 10.2. The topological polar surface area (TPSA) is 66.3 Å². The van der Waals surface area contributed by atoms with Crippen LogP contribution in [0.1, 0.15) is 16.3 Å². The van der Waals surface area contributed by atoms with Gasteiger partial charge in [-0.05, 0) is 36.8 Å². The molecule has 152 valence electrons. The average Bonchev–Trinajstić information content (AvgIpc) is 3.35. The number of thiophene rings is 1. The van der Waals surface area contributed by atoms with Crippen molar-refractivity contribution < 1.29 is 4.79 Å². The molecule has 1 N–H and O–H groups in total. The maximum absolute atomic E-state index is 12.6. The lowest BCUT2D eigenvalue weighted by Gasteiger charge is -2.34. The minimum absolute atomic E-state index is 0.0269. The van der Waals surface area contributed by atoms with Gasteiger partial charge < -0.3 is 10.2 Å². The van der Waals surface area contributed by atoms with Gasteiger partial charge in [0.15, 0.2) is 0 Å². The van der Waals surface area contributed by atoms with E-state index in [1.165, 1.54) is 4.88 Å². The number of urea groups is 1. The fraction of sp³-hybridized carbons (Fsp3) is 0.350. The molecule has 4 rings (SSSR count). The van der Waals surface area contributed by atoms with E-state index in [9.17, 15) is 4.79 Å². The van der Waals surface area contributed by atoms with Crippen LogP contribution in [0, 0.1) is 6.92 Å². The molecule has 0 atom stereocenters. The highest BCUT2D eigenvalue weighted by Crippen LogP contribution is 2.23. The summed E-state index contributed by atoms with van der Waals surface area (Å²) in [7, 11) is 0. The highest BCUT2D eigenvalue weighted by atomic mass is 35.5. The van der Waals surface area contributed by atoms with Crippen LogP contribution in [0.25, 0.3) is 5.82 Å². The molecule has 3 aromatic rings. The second kappa shape index (κ2) is 8.94. The zero-order valence-electron chi connectivity index (χ0n) is 16.2. The van der Waals surface area contributed by atoms with Crippen molar-refractivity contribution in [2.45, 2.75) is 20.0 Å². The van der Waals surface area contributed by atoms with Gasteiger partial charge in [0, 0.05) is 62.7 Å². The summed E-state index contributed by atoms with van der Waals surface area (Å²) in [5, 5.41) is 3.02. The van der Waals surface area contributed by atoms with Crippen molar-refractivity contribution in [2.75, 3.05) is 26.2 Å². The summed E-state index contributed by atoms with van der Waals surface area (Å²) in [6, 6.07) is 7.87. The number of halogens is 1. The number of nitrogens with zero attached hydrogens (tertiary/aromatic N) is 5. The maximum atomic E-state index is 12.6. The van der Waals surface area contributed by atoms with Gasteiger partial charge in [0.05, 0.1) is 4.34 Å². The molecule has 9 heteroatoms. The van der Waals surface area contributed by atoms with Gasteiger partial charge in [0.2, 0.25) is 0 Å². The van der Waals surface area contributed by atoms with Crippen LogP contribution in [0.2, 0.25) is 4.34 Å². The third-order valence-corrected chi connectivity index (χ3v) is 6.21. The molecule has 0 unspecified atom stereocenters. The molecule has 7 nitrogen and oxygen atoms in total. The van der Waals surface area contributed by atoms with E-state index in [0.29, 0.717) is 6.54 Å². The number of nitrogens with one attached hydrogen (secondary N) is 1. The van der Waals surface area contributed by atoms with E-state index in [1.54, 1.807) is 23.7 Å². The van der Waals surface area contributed by atoms with Crippen LogP contribution in [-0.4, -0.2) is 56.5 Å². The molecule has 4 heterocycles. The molecule has 0 aliphatic carbocycles. The molecule has 0 saturated carbocycles. The van der Waals surface area contributed by atoms with Gasteiger partial charge in [0.25, 0.3) is 0 Å². The first-order chi connectivity index (χ1) is 14.1. The summed E-state index contributed by atoms with van der Waals surface area (Å²) in [5.74, 6) is 1.68. The van der Waals surface area contributed by atoms with Crippen molar-refractivity contribution in [3.63, 3.8) is 0 Å². The number of carbonyl (C=O) groups excluding carboxylic acids is 1. The standard InChI is InChI=1S/C20H23ClN6OS/c1-15-22-6-7-27(15)19-12-16(4-5-23-19)13-24-20(28)26-10-8-25(9-11-26)14-17-2-3-18(21)29-17/h2-7,12H,8-11,13-14H2,1H3,(H,24,28). The van der Waals surface area contributed by atoms with Crippen LogP contribution < -0.4 is 5.32 Å². The number of amides is 2. The number of aromatic nitrogens is 3. The summed E-state index contributed by atoms with van der Waals surface area (Å²) < 4.78 is 2.74. The number of aryl methyl sites for hydroxylation is 1. The molecule has 0 spiro atoms. The SMILES string of the molecule is Cc1nccn1-c1cc(CNC(=O)N2CCN(Cc3ccc(Cl)s3)CC2)ccn1.